The van der Waals surface area contributed by atoms with Crippen LogP contribution in [0.2, 0.25) is 5.02 Å². The second-order valence-corrected chi connectivity index (χ2v) is 3.48. The maximum Gasteiger partial charge on any atom is 0.179 e. The van der Waals surface area contributed by atoms with Crippen LogP contribution in [-0.2, 0) is 0 Å². The van der Waals surface area contributed by atoms with Gasteiger partial charge in [-0.05, 0) is 18.6 Å². The van der Waals surface area contributed by atoms with E-state index in [0.29, 0.717) is 35.0 Å². The van der Waals surface area contributed by atoms with Crippen molar-refractivity contribution in [3.05, 3.63) is 35.4 Å². The van der Waals surface area contributed by atoms with Gasteiger partial charge in [-0.1, -0.05) is 17.7 Å². The highest BCUT2D eigenvalue weighted by Crippen LogP contribution is 2.36. The van der Waals surface area contributed by atoms with Gasteiger partial charge in [0.15, 0.2) is 11.5 Å². The molecule has 1 aromatic carbocycles. The number of carbonyl (C=O) groups is 1. The Hall–Kier alpha value is -1.48. The van der Waals surface area contributed by atoms with E-state index in [0.717, 1.165) is 6.42 Å². The lowest BCUT2D eigenvalue weighted by Gasteiger charge is -2.12. The van der Waals surface area contributed by atoms with Gasteiger partial charge in [0.05, 0.1) is 18.7 Å². The van der Waals surface area contributed by atoms with Gasteiger partial charge in [0.1, 0.15) is 6.29 Å². The van der Waals surface area contributed by atoms with Crippen molar-refractivity contribution >= 4 is 17.9 Å². The predicted octanol–water partition coefficient (Wildman–Crippen LogP) is 3.12. The number of hydrogen-bond acceptors (Lipinski definition) is 3. The Bertz CT molecular complexity index is 388. The van der Waals surface area contributed by atoms with Crippen LogP contribution in [-0.4, -0.2) is 20.0 Å². The molecule has 1 aromatic rings. The lowest BCUT2D eigenvalue weighted by Crippen LogP contribution is -1.99. The van der Waals surface area contributed by atoms with Gasteiger partial charge < -0.3 is 9.47 Å². The highest BCUT2D eigenvalue weighted by atomic mass is 35.5. The van der Waals surface area contributed by atoms with Crippen molar-refractivity contribution in [1.82, 2.24) is 0 Å². The lowest BCUT2D eigenvalue weighted by molar-refractivity contribution is 0.112. The highest BCUT2D eigenvalue weighted by molar-refractivity contribution is 6.32. The van der Waals surface area contributed by atoms with Gasteiger partial charge in [0.25, 0.3) is 0 Å². The number of carbonyl (C=O) groups excluding carboxylic acids is 1. The van der Waals surface area contributed by atoms with E-state index >= 15 is 0 Å². The first-order valence-corrected chi connectivity index (χ1v) is 5.17. The molecule has 1 rings (SSSR count). The first-order valence-electron chi connectivity index (χ1n) is 4.79. The first-order chi connectivity index (χ1) is 7.72. The van der Waals surface area contributed by atoms with Crippen molar-refractivity contribution in [2.75, 3.05) is 13.7 Å². The molecule has 0 radical (unpaired) electrons. The van der Waals surface area contributed by atoms with Gasteiger partial charge in [0, 0.05) is 5.56 Å². The van der Waals surface area contributed by atoms with Gasteiger partial charge in [-0.25, -0.2) is 0 Å². The fraction of sp³-hybridized carbons (Fsp3) is 0.250. The number of benzene rings is 1. The molecule has 0 amide bonds. The summed E-state index contributed by atoms with van der Waals surface area (Å²) in [4.78, 5) is 10.6. The third-order valence-electron chi connectivity index (χ3n) is 1.96. The molecule has 0 heterocycles. The van der Waals surface area contributed by atoms with E-state index in [2.05, 4.69) is 6.58 Å². The van der Waals surface area contributed by atoms with Crippen molar-refractivity contribution in [2.45, 2.75) is 6.42 Å². The molecule has 0 saturated heterocycles. The molecule has 0 aliphatic heterocycles. The Morgan fingerprint density at radius 1 is 1.50 bits per heavy atom. The molecule has 0 aromatic heterocycles. The standard InChI is InChI=1S/C12H13ClO3/c1-3-4-5-16-12-10(13)6-9(8-14)7-11(12)15-2/h3,6-8H,1,4-5H2,2H3. The van der Waals surface area contributed by atoms with Crippen molar-refractivity contribution in [1.29, 1.82) is 0 Å². The fourth-order valence-corrected chi connectivity index (χ4v) is 1.47. The van der Waals surface area contributed by atoms with E-state index in [1.807, 2.05) is 0 Å². The summed E-state index contributed by atoms with van der Waals surface area (Å²) in [5.74, 6) is 0.912. The third-order valence-corrected chi connectivity index (χ3v) is 2.24. The summed E-state index contributed by atoms with van der Waals surface area (Å²) in [6.07, 6.45) is 3.18. The minimum Gasteiger partial charge on any atom is -0.493 e. The minimum absolute atomic E-state index is 0.366. The van der Waals surface area contributed by atoms with Gasteiger partial charge in [-0.15, -0.1) is 6.58 Å². The molecule has 0 bridgehead atoms. The summed E-state index contributed by atoms with van der Waals surface area (Å²) in [6.45, 7) is 4.07. The maximum atomic E-state index is 10.6. The van der Waals surface area contributed by atoms with Gasteiger partial charge in [0.2, 0.25) is 0 Å². The molecule has 4 heteroatoms. The molecule has 0 atom stereocenters. The Morgan fingerprint density at radius 3 is 2.81 bits per heavy atom. The number of hydrogen-bond donors (Lipinski definition) is 0. The largest absolute Gasteiger partial charge is 0.493 e. The SMILES string of the molecule is C=CCCOc1c(Cl)cc(C=O)cc1OC. The van der Waals surface area contributed by atoms with Crippen LogP contribution >= 0.6 is 11.6 Å². The molecule has 0 saturated carbocycles. The van der Waals surface area contributed by atoms with E-state index < -0.39 is 0 Å². The molecule has 0 spiro atoms. The third kappa shape index (κ3) is 3.00. The molecular formula is C12H13ClO3. The predicted molar refractivity (Wildman–Crippen MR) is 63.7 cm³/mol. The molecule has 0 fully saturated rings. The van der Waals surface area contributed by atoms with Crippen LogP contribution in [0, 0.1) is 0 Å². The van der Waals surface area contributed by atoms with Gasteiger partial charge in [-0.3, -0.25) is 4.79 Å². The smallest absolute Gasteiger partial charge is 0.179 e. The topological polar surface area (TPSA) is 35.5 Å². The minimum atomic E-state index is 0.366. The Kier molecular flexibility index (Phi) is 4.86. The van der Waals surface area contributed by atoms with E-state index in [-0.39, 0.29) is 0 Å². The highest BCUT2D eigenvalue weighted by Gasteiger charge is 2.11. The van der Waals surface area contributed by atoms with Crippen LogP contribution in [0.4, 0.5) is 0 Å². The zero-order valence-electron chi connectivity index (χ0n) is 9.03. The number of methoxy groups -OCH3 is 1. The maximum absolute atomic E-state index is 10.6. The van der Waals surface area contributed by atoms with Crippen LogP contribution in [0.25, 0.3) is 0 Å². The molecular weight excluding hydrogens is 228 g/mol. The van der Waals surface area contributed by atoms with E-state index in [4.69, 9.17) is 21.1 Å². The first kappa shape index (κ1) is 12.6. The van der Waals surface area contributed by atoms with E-state index in [9.17, 15) is 4.79 Å². The molecule has 0 aliphatic carbocycles. The van der Waals surface area contributed by atoms with Crippen LogP contribution in [0.15, 0.2) is 24.8 Å². The number of rotatable bonds is 6. The number of halogens is 1. The molecule has 86 valence electrons. The summed E-state index contributed by atoms with van der Waals surface area (Å²) >= 11 is 5.98. The number of aldehydes is 1. The van der Waals surface area contributed by atoms with Crippen molar-refractivity contribution in [3.63, 3.8) is 0 Å². The second-order valence-electron chi connectivity index (χ2n) is 3.08. The number of ether oxygens (including phenoxy) is 2. The normalized spacial score (nSPS) is 9.62. The quantitative estimate of drug-likeness (QED) is 0.435. The Morgan fingerprint density at radius 2 is 2.25 bits per heavy atom. The Balaban J connectivity index is 2.96. The summed E-state index contributed by atoms with van der Waals surface area (Å²) < 4.78 is 10.6. The lowest BCUT2D eigenvalue weighted by atomic mass is 10.2. The van der Waals surface area contributed by atoms with Crippen LogP contribution in [0.3, 0.4) is 0 Å². The second kappa shape index (κ2) is 6.18. The summed E-state index contributed by atoms with van der Waals surface area (Å²) in [5.41, 5.74) is 0.456. The zero-order valence-corrected chi connectivity index (χ0v) is 9.79. The molecule has 0 unspecified atom stereocenters. The van der Waals surface area contributed by atoms with Crippen molar-refractivity contribution < 1.29 is 14.3 Å². The molecule has 3 nitrogen and oxygen atoms in total. The van der Waals surface area contributed by atoms with Gasteiger partial charge >= 0.3 is 0 Å². The van der Waals surface area contributed by atoms with Crippen molar-refractivity contribution in [3.8, 4) is 11.5 Å². The summed E-state index contributed by atoms with van der Waals surface area (Å²) in [5, 5.41) is 0.366. The van der Waals surface area contributed by atoms with E-state index in [1.165, 1.54) is 7.11 Å². The summed E-state index contributed by atoms with van der Waals surface area (Å²) in [6, 6.07) is 3.13. The molecule has 0 aliphatic rings. The van der Waals surface area contributed by atoms with Crippen molar-refractivity contribution in [2.24, 2.45) is 0 Å². The van der Waals surface area contributed by atoms with E-state index in [1.54, 1.807) is 18.2 Å². The average Bonchev–Trinajstić information content (AvgIpc) is 2.30. The van der Waals surface area contributed by atoms with Crippen LogP contribution in [0.5, 0.6) is 11.5 Å². The molecule has 0 N–H and O–H groups in total. The molecule has 16 heavy (non-hydrogen) atoms. The van der Waals surface area contributed by atoms with Crippen LogP contribution < -0.4 is 9.47 Å². The van der Waals surface area contributed by atoms with Gasteiger partial charge in [-0.2, -0.15) is 0 Å². The summed E-state index contributed by atoms with van der Waals surface area (Å²) in [7, 11) is 1.50. The van der Waals surface area contributed by atoms with Crippen LogP contribution in [0.1, 0.15) is 16.8 Å². The fourth-order valence-electron chi connectivity index (χ4n) is 1.19. The monoisotopic (exact) mass is 240 g/mol. The average molecular weight is 241 g/mol. The zero-order chi connectivity index (χ0) is 12.0. The Labute approximate surface area is 99.6 Å².